The highest BCUT2D eigenvalue weighted by atomic mass is 16.5. The number of aliphatic hydroxyl groups is 1. The highest BCUT2D eigenvalue weighted by Gasteiger charge is 2.53. The first-order valence-corrected chi connectivity index (χ1v) is 8.43. The van der Waals surface area contributed by atoms with Gasteiger partial charge in [0.2, 0.25) is 0 Å². The van der Waals surface area contributed by atoms with Crippen molar-refractivity contribution < 1.29 is 24.2 Å². The summed E-state index contributed by atoms with van der Waals surface area (Å²) >= 11 is 0. The van der Waals surface area contributed by atoms with Crippen LogP contribution in [0, 0.1) is 11.8 Å². The van der Waals surface area contributed by atoms with E-state index >= 15 is 0 Å². The molecule has 1 saturated heterocycles. The van der Waals surface area contributed by atoms with Gasteiger partial charge in [-0.2, -0.15) is 0 Å². The fraction of sp³-hybridized carbons (Fsp3) is 0.556. The van der Waals surface area contributed by atoms with E-state index in [9.17, 15) is 14.7 Å². The lowest BCUT2D eigenvalue weighted by atomic mass is 9.93. The van der Waals surface area contributed by atoms with Gasteiger partial charge in [-0.15, -0.1) is 0 Å². The number of hydrogen-bond acceptors (Lipinski definition) is 5. The standard InChI is InChI=1S/C18H23NO5/c1-2-23-18(22)17-13-8-9-15(20)14(13)10-19(17)16(21)11-24-12-6-4-3-5-7-12/h3-7,13-15,17,20H,2,8-11H2,1H3. The van der Waals surface area contributed by atoms with E-state index < -0.39 is 12.1 Å². The Balaban J connectivity index is 1.69. The summed E-state index contributed by atoms with van der Waals surface area (Å²) in [6, 6.07) is 8.47. The number of aliphatic hydroxyl groups excluding tert-OH is 1. The minimum atomic E-state index is -0.612. The number of rotatable bonds is 5. The van der Waals surface area contributed by atoms with E-state index in [0.717, 1.165) is 6.42 Å². The normalized spacial score (nSPS) is 28.5. The molecule has 0 bridgehead atoms. The molecule has 2 fully saturated rings. The zero-order chi connectivity index (χ0) is 17.1. The van der Waals surface area contributed by atoms with Crippen molar-refractivity contribution in [2.24, 2.45) is 11.8 Å². The predicted molar refractivity (Wildman–Crippen MR) is 86.3 cm³/mol. The maximum absolute atomic E-state index is 12.6. The number of benzene rings is 1. The van der Waals surface area contributed by atoms with Gasteiger partial charge < -0.3 is 19.5 Å². The molecule has 0 radical (unpaired) electrons. The van der Waals surface area contributed by atoms with Gasteiger partial charge >= 0.3 is 5.97 Å². The van der Waals surface area contributed by atoms with Crippen molar-refractivity contribution in [3.63, 3.8) is 0 Å². The summed E-state index contributed by atoms with van der Waals surface area (Å²) in [4.78, 5) is 26.5. The van der Waals surface area contributed by atoms with Gasteiger partial charge in [0.05, 0.1) is 12.7 Å². The van der Waals surface area contributed by atoms with Gasteiger partial charge in [0.25, 0.3) is 5.91 Å². The Hall–Kier alpha value is -2.08. The molecule has 3 rings (SSSR count). The summed E-state index contributed by atoms with van der Waals surface area (Å²) in [6.07, 6.45) is 0.951. The molecule has 1 aliphatic carbocycles. The third-order valence-corrected chi connectivity index (χ3v) is 4.94. The summed E-state index contributed by atoms with van der Waals surface area (Å²) in [5.41, 5.74) is 0. The van der Waals surface area contributed by atoms with Crippen LogP contribution in [0.2, 0.25) is 0 Å². The van der Waals surface area contributed by atoms with E-state index in [1.54, 1.807) is 19.1 Å². The minimum absolute atomic E-state index is 0.0280. The lowest BCUT2D eigenvalue weighted by Crippen LogP contribution is -2.46. The minimum Gasteiger partial charge on any atom is -0.484 e. The third-order valence-electron chi connectivity index (χ3n) is 4.94. The van der Waals surface area contributed by atoms with Crippen LogP contribution < -0.4 is 4.74 Å². The molecule has 130 valence electrons. The van der Waals surface area contributed by atoms with Crippen LogP contribution in [0.3, 0.4) is 0 Å². The molecule has 1 N–H and O–H groups in total. The smallest absolute Gasteiger partial charge is 0.329 e. The number of para-hydroxylation sites is 1. The lowest BCUT2D eigenvalue weighted by Gasteiger charge is -2.26. The summed E-state index contributed by atoms with van der Waals surface area (Å²) in [6.45, 7) is 2.28. The van der Waals surface area contributed by atoms with E-state index in [1.807, 2.05) is 18.2 Å². The van der Waals surface area contributed by atoms with Crippen LogP contribution in [0.1, 0.15) is 19.8 Å². The maximum atomic E-state index is 12.6. The van der Waals surface area contributed by atoms with Crippen LogP contribution in [0.4, 0.5) is 0 Å². The van der Waals surface area contributed by atoms with Gasteiger partial charge in [0.1, 0.15) is 11.8 Å². The number of ether oxygens (including phenoxy) is 2. The van der Waals surface area contributed by atoms with Crippen LogP contribution in [0.25, 0.3) is 0 Å². The van der Waals surface area contributed by atoms with Crippen LogP contribution in [-0.2, 0) is 14.3 Å². The molecule has 0 spiro atoms. The number of esters is 1. The molecule has 24 heavy (non-hydrogen) atoms. The summed E-state index contributed by atoms with van der Waals surface area (Å²) in [5.74, 6) is -0.108. The van der Waals surface area contributed by atoms with Crippen molar-refractivity contribution in [1.29, 1.82) is 0 Å². The molecule has 6 nitrogen and oxygen atoms in total. The summed E-state index contributed by atoms with van der Waals surface area (Å²) in [5, 5.41) is 10.1. The Kier molecular flexibility index (Phi) is 5.04. The Bertz CT molecular complexity index is 590. The van der Waals surface area contributed by atoms with Crippen molar-refractivity contribution in [3.8, 4) is 5.75 Å². The zero-order valence-corrected chi connectivity index (χ0v) is 13.8. The topological polar surface area (TPSA) is 76.1 Å². The highest BCUT2D eigenvalue weighted by Crippen LogP contribution is 2.42. The second kappa shape index (κ2) is 7.21. The fourth-order valence-electron chi connectivity index (χ4n) is 3.83. The molecular weight excluding hydrogens is 310 g/mol. The van der Waals surface area contributed by atoms with Crippen molar-refractivity contribution >= 4 is 11.9 Å². The average molecular weight is 333 g/mol. The number of nitrogens with zero attached hydrogens (tertiary/aromatic N) is 1. The third kappa shape index (κ3) is 3.24. The first kappa shape index (κ1) is 16.8. The van der Waals surface area contributed by atoms with E-state index in [-0.39, 0.29) is 36.9 Å². The number of hydrogen-bond donors (Lipinski definition) is 1. The largest absolute Gasteiger partial charge is 0.484 e. The average Bonchev–Trinajstić information content (AvgIpc) is 3.14. The molecule has 4 atom stereocenters. The Morgan fingerprint density at radius 2 is 1.96 bits per heavy atom. The molecule has 6 heteroatoms. The van der Waals surface area contributed by atoms with Gasteiger partial charge in [-0.25, -0.2) is 4.79 Å². The second-order valence-electron chi connectivity index (χ2n) is 6.32. The van der Waals surface area contributed by atoms with Crippen molar-refractivity contribution in [2.45, 2.75) is 31.9 Å². The van der Waals surface area contributed by atoms with Crippen LogP contribution in [-0.4, -0.2) is 53.8 Å². The number of carbonyl (C=O) groups is 2. The quantitative estimate of drug-likeness (QED) is 0.820. The van der Waals surface area contributed by atoms with Gasteiger partial charge in [-0.3, -0.25) is 4.79 Å². The maximum Gasteiger partial charge on any atom is 0.329 e. The molecule has 1 amide bonds. The van der Waals surface area contributed by atoms with Gasteiger partial charge in [0.15, 0.2) is 6.61 Å². The molecule has 2 aliphatic rings. The van der Waals surface area contributed by atoms with E-state index in [2.05, 4.69) is 0 Å². The molecule has 0 aromatic heterocycles. The SMILES string of the molecule is CCOC(=O)C1C2CCC(O)C2CN1C(=O)COc1ccccc1. The Morgan fingerprint density at radius 3 is 2.67 bits per heavy atom. The van der Waals surface area contributed by atoms with Crippen molar-refractivity contribution in [3.05, 3.63) is 30.3 Å². The molecule has 4 unspecified atom stereocenters. The van der Waals surface area contributed by atoms with E-state index in [1.165, 1.54) is 4.90 Å². The van der Waals surface area contributed by atoms with Gasteiger partial charge in [-0.1, -0.05) is 18.2 Å². The van der Waals surface area contributed by atoms with E-state index in [4.69, 9.17) is 9.47 Å². The van der Waals surface area contributed by atoms with Crippen LogP contribution >= 0.6 is 0 Å². The molecule has 1 saturated carbocycles. The zero-order valence-electron chi connectivity index (χ0n) is 13.8. The van der Waals surface area contributed by atoms with E-state index in [0.29, 0.717) is 18.7 Å². The van der Waals surface area contributed by atoms with Crippen molar-refractivity contribution in [2.75, 3.05) is 19.8 Å². The molecular formula is C18H23NO5. The van der Waals surface area contributed by atoms with Gasteiger partial charge in [0, 0.05) is 12.5 Å². The highest BCUT2D eigenvalue weighted by molar-refractivity contribution is 5.86. The number of fused-ring (bicyclic) bond motifs is 1. The lowest BCUT2D eigenvalue weighted by molar-refractivity contribution is -0.155. The van der Waals surface area contributed by atoms with Crippen LogP contribution in [0.5, 0.6) is 5.75 Å². The monoisotopic (exact) mass is 333 g/mol. The fourth-order valence-corrected chi connectivity index (χ4v) is 3.83. The number of amides is 1. The number of carbonyl (C=O) groups excluding carboxylic acids is 2. The first-order valence-electron chi connectivity index (χ1n) is 8.43. The van der Waals surface area contributed by atoms with Gasteiger partial charge in [-0.05, 0) is 37.8 Å². The summed E-state index contributed by atoms with van der Waals surface area (Å²) in [7, 11) is 0. The molecule has 1 aromatic carbocycles. The molecule has 1 aromatic rings. The van der Waals surface area contributed by atoms with Crippen LogP contribution in [0.15, 0.2) is 30.3 Å². The summed E-state index contributed by atoms with van der Waals surface area (Å²) < 4.78 is 10.7. The number of likely N-dealkylation sites (tertiary alicyclic amines) is 1. The Morgan fingerprint density at radius 1 is 1.21 bits per heavy atom. The molecule has 1 heterocycles. The predicted octanol–water partition coefficient (Wildman–Crippen LogP) is 1.23. The molecule has 1 aliphatic heterocycles. The Labute approximate surface area is 141 Å². The second-order valence-corrected chi connectivity index (χ2v) is 6.32. The van der Waals surface area contributed by atoms with Crippen molar-refractivity contribution in [1.82, 2.24) is 4.90 Å². The first-order chi connectivity index (χ1) is 11.6.